The third-order valence-electron chi connectivity index (χ3n) is 3.29. The number of alkyl halides is 1. The quantitative estimate of drug-likeness (QED) is 0.574. The number of rotatable bonds is 6. The first-order valence-electron chi connectivity index (χ1n) is 6.84. The first-order valence-corrected chi connectivity index (χ1v) is 7.37. The van der Waals surface area contributed by atoms with Gasteiger partial charge in [-0.15, -0.1) is 11.6 Å². The van der Waals surface area contributed by atoms with E-state index >= 15 is 0 Å². The van der Waals surface area contributed by atoms with Gasteiger partial charge < -0.3 is 14.2 Å². The third kappa shape index (κ3) is 3.95. The SMILES string of the molecule is COc1cc(C=Cc2ccc(OC)c(CCl)c2)cc(OC)c1. The highest BCUT2D eigenvalue weighted by atomic mass is 35.5. The van der Waals surface area contributed by atoms with E-state index in [4.69, 9.17) is 25.8 Å². The third-order valence-corrected chi connectivity index (χ3v) is 3.58. The summed E-state index contributed by atoms with van der Waals surface area (Å²) in [6.07, 6.45) is 4.02. The van der Waals surface area contributed by atoms with Gasteiger partial charge in [-0.25, -0.2) is 0 Å². The number of methoxy groups -OCH3 is 3. The summed E-state index contributed by atoms with van der Waals surface area (Å²) in [4.78, 5) is 0. The lowest BCUT2D eigenvalue weighted by Gasteiger charge is -2.07. The first kappa shape index (κ1) is 16.2. The highest BCUT2D eigenvalue weighted by Crippen LogP contribution is 2.25. The fourth-order valence-corrected chi connectivity index (χ4v) is 2.33. The van der Waals surface area contributed by atoms with Crippen molar-refractivity contribution in [2.75, 3.05) is 21.3 Å². The van der Waals surface area contributed by atoms with E-state index in [1.807, 2.05) is 48.6 Å². The normalized spacial score (nSPS) is 10.7. The van der Waals surface area contributed by atoms with Gasteiger partial charge in [0.1, 0.15) is 17.2 Å². The second-order valence-corrected chi connectivity index (χ2v) is 4.95. The van der Waals surface area contributed by atoms with E-state index in [1.165, 1.54) is 0 Å². The molecule has 4 heteroatoms. The molecule has 0 aliphatic carbocycles. The highest BCUT2D eigenvalue weighted by Gasteiger charge is 2.02. The summed E-state index contributed by atoms with van der Waals surface area (Å²) in [6, 6.07) is 11.7. The van der Waals surface area contributed by atoms with Crippen molar-refractivity contribution >= 4 is 23.8 Å². The maximum Gasteiger partial charge on any atom is 0.123 e. The topological polar surface area (TPSA) is 27.7 Å². The zero-order valence-electron chi connectivity index (χ0n) is 12.9. The zero-order chi connectivity index (χ0) is 15.9. The number of benzene rings is 2. The molecule has 116 valence electrons. The summed E-state index contributed by atoms with van der Waals surface area (Å²) in [5.74, 6) is 2.73. The molecule has 2 aromatic rings. The smallest absolute Gasteiger partial charge is 0.123 e. The molecule has 0 unspecified atom stereocenters. The maximum atomic E-state index is 5.94. The van der Waals surface area contributed by atoms with Crippen LogP contribution in [0.5, 0.6) is 17.2 Å². The number of ether oxygens (including phenoxy) is 3. The largest absolute Gasteiger partial charge is 0.497 e. The average Bonchev–Trinajstić information content (AvgIpc) is 2.59. The van der Waals surface area contributed by atoms with Crippen molar-refractivity contribution in [1.29, 1.82) is 0 Å². The molecule has 22 heavy (non-hydrogen) atoms. The molecule has 0 heterocycles. The minimum Gasteiger partial charge on any atom is -0.497 e. The van der Waals surface area contributed by atoms with E-state index in [2.05, 4.69) is 0 Å². The van der Waals surface area contributed by atoms with Crippen molar-refractivity contribution in [2.45, 2.75) is 5.88 Å². The summed E-state index contributed by atoms with van der Waals surface area (Å²) >= 11 is 5.94. The van der Waals surface area contributed by atoms with Gasteiger partial charge in [-0.05, 0) is 35.4 Å². The van der Waals surface area contributed by atoms with Crippen molar-refractivity contribution < 1.29 is 14.2 Å². The van der Waals surface area contributed by atoms with Crippen LogP contribution < -0.4 is 14.2 Å². The molecule has 2 aromatic carbocycles. The zero-order valence-corrected chi connectivity index (χ0v) is 13.7. The Morgan fingerprint density at radius 3 is 2.00 bits per heavy atom. The molecular formula is C18H19ClO3. The van der Waals surface area contributed by atoms with Gasteiger partial charge >= 0.3 is 0 Å². The van der Waals surface area contributed by atoms with E-state index in [-0.39, 0.29) is 0 Å². The average molecular weight is 319 g/mol. The molecule has 0 aliphatic rings. The van der Waals surface area contributed by atoms with Gasteiger partial charge in [-0.1, -0.05) is 18.2 Å². The van der Waals surface area contributed by atoms with Crippen LogP contribution >= 0.6 is 11.6 Å². The van der Waals surface area contributed by atoms with Crippen molar-refractivity contribution in [3.8, 4) is 17.2 Å². The molecular weight excluding hydrogens is 300 g/mol. The van der Waals surface area contributed by atoms with Crippen LogP contribution in [0, 0.1) is 0 Å². The van der Waals surface area contributed by atoms with Crippen LogP contribution in [0.3, 0.4) is 0 Å². The molecule has 0 saturated heterocycles. The lowest BCUT2D eigenvalue weighted by atomic mass is 10.1. The minimum absolute atomic E-state index is 0.415. The van der Waals surface area contributed by atoms with Gasteiger partial charge in [-0.3, -0.25) is 0 Å². The summed E-state index contributed by atoms with van der Waals surface area (Å²) < 4.78 is 15.8. The first-order chi connectivity index (χ1) is 10.7. The standard InChI is InChI=1S/C18H19ClO3/c1-20-16-9-14(10-17(11-16)21-2)5-4-13-6-7-18(22-3)15(8-13)12-19/h4-11H,12H2,1-3H3. The van der Waals surface area contributed by atoms with E-state index < -0.39 is 0 Å². The summed E-state index contributed by atoms with van der Waals surface area (Å²) in [5, 5.41) is 0. The summed E-state index contributed by atoms with van der Waals surface area (Å²) in [5.41, 5.74) is 3.02. The van der Waals surface area contributed by atoms with Crippen molar-refractivity contribution in [1.82, 2.24) is 0 Å². The molecule has 0 N–H and O–H groups in total. The molecule has 2 rings (SSSR count). The Labute approximate surface area is 136 Å². The molecule has 3 nitrogen and oxygen atoms in total. The lowest BCUT2D eigenvalue weighted by Crippen LogP contribution is -1.90. The Morgan fingerprint density at radius 2 is 1.45 bits per heavy atom. The van der Waals surface area contributed by atoms with E-state index in [0.29, 0.717) is 5.88 Å². The molecule has 0 atom stereocenters. The lowest BCUT2D eigenvalue weighted by molar-refractivity contribution is 0.394. The molecule has 0 spiro atoms. The van der Waals surface area contributed by atoms with Crippen LogP contribution in [0.15, 0.2) is 36.4 Å². The Balaban J connectivity index is 2.28. The van der Waals surface area contributed by atoms with Crippen molar-refractivity contribution in [3.63, 3.8) is 0 Å². The van der Waals surface area contributed by atoms with Gasteiger partial charge in [0.15, 0.2) is 0 Å². The summed E-state index contributed by atoms with van der Waals surface area (Å²) in [6.45, 7) is 0. The van der Waals surface area contributed by atoms with Crippen molar-refractivity contribution in [2.24, 2.45) is 0 Å². The second-order valence-electron chi connectivity index (χ2n) is 4.68. The molecule has 0 saturated carbocycles. The predicted molar refractivity (Wildman–Crippen MR) is 91.0 cm³/mol. The van der Waals surface area contributed by atoms with E-state index in [1.54, 1.807) is 21.3 Å². The van der Waals surface area contributed by atoms with Crippen LogP contribution in [-0.2, 0) is 5.88 Å². The Bertz CT molecular complexity index is 643. The Kier molecular flexibility index (Phi) is 5.73. The second kappa shape index (κ2) is 7.76. The predicted octanol–water partition coefficient (Wildman–Crippen LogP) is 4.62. The van der Waals surface area contributed by atoms with Crippen LogP contribution in [0.4, 0.5) is 0 Å². The van der Waals surface area contributed by atoms with Gasteiger partial charge in [0, 0.05) is 11.6 Å². The number of halogens is 1. The molecule has 0 radical (unpaired) electrons. The van der Waals surface area contributed by atoms with Crippen LogP contribution in [0.25, 0.3) is 12.2 Å². The Morgan fingerprint density at radius 1 is 0.818 bits per heavy atom. The molecule has 0 fully saturated rings. The highest BCUT2D eigenvalue weighted by molar-refractivity contribution is 6.17. The monoisotopic (exact) mass is 318 g/mol. The summed E-state index contributed by atoms with van der Waals surface area (Å²) in [7, 11) is 4.92. The van der Waals surface area contributed by atoms with Crippen molar-refractivity contribution in [3.05, 3.63) is 53.1 Å². The van der Waals surface area contributed by atoms with Gasteiger partial charge in [0.2, 0.25) is 0 Å². The van der Waals surface area contributed by atoms with Gasteiger partial charge in [0.05, 0.1) is 27.2 Å². The molecule has 0 aliphatic heterocycles. The van der Waals surface area contributed by atoms with E-state index in [9.17, 15) is 0 Å². The fourth-order valence-electron chi connectivity index (χ4n) is 2.12. The van der Waals surface area contributed by atoms with Crippen LogP contribution in [0.2, 0.25) is 0 Å². The van der Waals surface area contributed by atoms with Crippen LogP contribution in [0.1, 0.15) is 16.7 Å². The molecule has 0 aromatic heterocycles. The van der Waals surface area contributed by atoms with Gasteiger partial charge in [-0.2, -0.15) is 0 Å². The molecule has 0 bridgehead atoms. The minimum atomic E-state index is 0.415. The van der Waals surface area contributed by atoms with E-state index in [0.717, 1.165) is 33.9 Å². The Hall–Kier alpha value is -2.13. The molecule has 0 amide bonds. The number of hydrogen-bond donors (Lipinski definition) is 0. The van der Waals surface area contributed by atoms with Crippen LogP contribution in [-0.4, -0.2) is 21.3 Å². The van der Waals surface area contributed by atoms with Gasteiger partial charge in [0.25, 0.3) is 0 Å². The number of hydrogen-bond acceptors (Lipinski definition) is 3. The fraction of sp³-hybridized carbons (Fsp3) is 0.222. The maximum absolute atomic E-state index is 5.94.